The monoisotopic (exact) mass is 453 g/mol. The van der Waals surface area contributed by atoms with Crippen molar-refractivity contribution < 1.29 is 24.3 Å². The molecule has 0 saturated heterocycles. The fraction of sp³-hybridized carbons (Fsp3) is 0.650. The van der Waals surface area contributed by atoms with Crippen molar-refractivity contribution in [3.8, 4) is 0 Å². The molecule has 180 valence electrons. The van der Waals surface area contributed by atoms with E-state index < -0.39 is 47.9 Å². The van der Waals surface area contributed by atoms with Gasteiger partial charge >= 0.3 is 5.97 Å². The highest BCUT2D eigenvalue weighted by Crippen LogP contribution is 2.04. The molecule has 0 spiro atoms. The van der Waals surface area contributed by atoms with Gasteiger partial charge in [0, 0.05) is 18.3 Å². The molecule has 0 aromatic carbocycles. The third-order valence-electron chi connectivity index (χ3n) is 4.95. The molecule has 1 aromatic heterocycles. The number of H-pyrrole nitrogens is 1. The van der Waals surface area contributed by atoms with E-state index in [2.05, 4.69) is 25.9 Å². The minimum absolute atomic E-state index is 0.105. The highest BCUT2D eigenvalue weighted by Gasteiger charge is 2.29. The number of nitrogens with zero attached hydrogens (tertiary/aromatic N) is 1. The summed E-state index contributed by atoms with van der Waals surface area (Å²) in [6.07, 6.45) is 4.48. The number of nitrogens with two attached hydrogens (primary N) is 2. The molecule has 4 unspecified atom stereocenters. The van der Waals surface area contributed by atoms with Gasteiger partial charge in [0.15, 0.2) is 0 Å². The lowest BCUT2D eigenvalue weighted by molar-refractivity contribution is -0.142. The van der Waals surface area contributed by atoms with Gasteiger partial charge in [-0.05, 0) is 38.6 Å². The van der Waals surface area contributed by atoms with Gasteiger partial charge in [0.2, 0.25) is 17.7 Å². The van der Waals surface area contributed by atoms with Crippen molar-refractivity contribution in [2.45, 2.75) is 70.6 Å². The standard InChI is InChI=1S/C20H35N7O5/c1-11(2)16(22)19(30)27-15(8-13-9-23-10-24-13)18(29)25-12(3)17(28)26-14(20(31)32)6-4-5-7-21/h9-12,14-16H,4-8,21-22H2,1-3H3,(H,23,24)(H,25,29)(H,26,28)(H,27,30)(H,31,32). The van der Waals surface area contributed by atoms with E-state index in [-0.39, 0.29) is 18.8 Å². The maximum Gasteiger partial charge on any atom is 0.326 e. The van der Waals surface area contributed by atoms with Crippen molar-refractivity contribution >= 4 is 23.7 Å². The molecule has 0 radical (unpaired) electrons. The molecule has 0 aliphatic heterocycles. The molecular formula is C20H35N7O5. The average Bonchev–Trinajstić information content (AvgIpc) is 3.24. The Morgan fingerprint density at radius 2 is 1.69 bits per heavy atom. The Labute approximate surface area is 187 Å². The normalized spacial score (nSPS) is 14.8. The van der Waals surface area contributed by atoms with Crippen LogP contribution < -0.4 is 27.4 Å². The number of carboxylic acid groups (broad SMARTS) is 1. The minimum atomic E-state index is -1.17. The molecule has 0 fully saturated rings. The van der Waals surface area contributed by atoms with Crippen molar-refractivity contribution in [3.05, 3.63) is 18.2 Å². The first-order valence-corrected chi connectivity index (χ1v) is 10.6. The van der Waals surface area contributed by atoms with Crippen LogP contribution in [0.5, 0.6) is 0 Å². The van der Waals surface area contributed by atoms with E-state index >= 15 is 0 Å². The number of aromatic amines is 1. The summed E-state index contributed by atoms with van der Waals surface area (Å²) < 4.78 is 0. The van der Waals surface area contributed by atoms with E-state index in [0.717, 1.165) is 0 Å². The summed E-state index contributed by atoms with van der Waals surface area (Å²) in [5.41, 5.74) is 11.9. The largest absolute Gasteiger partial charge is 0.480 e. The number of rotatable bonds is 14. The number of unbranched alkanes of at least 4 members (excludes halogenated alkanes) is 1. The molecule has 1 heterocycles. The number of hydrogen-bond acceptors (Lipinski definition) is 7. The van der Waals surface area contributed by atoms with Crippen LogP contribution in [0, 0.1) is 5.92 Å². The molecule has 0 bridgehead atoms. The van der Waals surface area contributed by atoms with Gasteiger partial charge in [-0.1, -0.05) is 13.8 Å². The highest BCUT2D eigenvalue weighted by atomic mass is 16.4. The zero-order chi connectivity index (χ0) is 24.3. The smallest absolute Gasteiger partial charge is 0.326 e. The van der Waals surface area contributed by atoms with E-state index in [1.165, 1.54) is 19.4 Å². The number of carbonyl (C=O) groups is 4. The minimum Gasteiger partial charge on any atom is -0.480 e. The zero-order valence-electron chi connectivity index (χ0n) is 18.8. The van der Waals surface area contributed by atoms with Crippen LogP contribution in [-0.2, 0) is 25.6 Å². The number of amides is 3. The molecule has 12 nitrogen and oxygen atoms in total. The summed E-state index contributed by atoms with van der Waals surface area (Å²) in [4.78, 5) is 55.8. The summed E-state index contributed by atoms with van der Waals surface area (Å²) in [5, 5.41) is 16.9. The SMILES string of the molecule is CC(NC(=O)C(Cc1cnc[nH]1)NC(=O)C(N)C(C)C)C(=O)NC(CCCCN)C(=O)O. The number of carboxylic acids is 1. The van der Waals surface area contributed by atoms with Crippen LogP contribution in [0.3, 0.4) is 0 Å². The number of carbonyl (C=O) groups excluding carboxylic acids is 3. The van der Waals surface area contributed by atoms with E-state index in [0.29, 0.717) is 25.1 Å². The topological polar surface area (TPSA) is 205 Å². The predicted octanol–water partition coefficient (Wildman–Crippen LogP) is -1.38. The van der Waals surface area contributed by atoms with Gasteiger partial charge in [0.25, 0.3) is 0 Å². The van der Waals surface area contributed by atoms with E-state index in [1.807, 2.05) is 0 Å². The molecule has 32 heavy (non-hydrogen) atoms. The molecular weight excluding hydrogens is 418 g/mol. The number of nitrogens with one attached hydrogen (secondary N) is 4. The van der Waals surface area contributed by atoms with Crippen LogP contribution in [0.15, 0.2) is 12.5 Å². The molecule has 12 heteroatoms. The van der Waals surface area contributed by atoms with Crippen LogP contribution in [0.4, 0.5) is 0 Å². The van der Waals surface area contributed by atoms with Gasteiger partial charge in [-0.15, -0.1) is 0 Å². The average molecular weight is 454 g/mol. The van der Waals surface area contributed by atoms with Crippen molar-refractivity contribution in [1.29, 1.82) is 0 Å². The molecule has 0 aliphatic rings. The first-order valence-electron chi connectivity index (χ1n) is 10.6. The van der Waals surface area contributed by atoms with Gasteiger partial charge < -0.3 is 37.5 Å². The Bertz CT molecular complexity index is 754. The van der Waals surface area contributed by atoms with E-state index in [9.17, 15) is 24.3 Å². The first kappa shape index (κ1) is 27.0. The van der Waals surface area contributed by atoms with Gasteiger partial charge in [-0.2, -0.15) is 0 Å². The second-order valence-electron chi connectivity index (χ2n) is 8.03. The Morgan fingerprint density at radius 3 is 2.22 bits per heavy atom. The lowest BCUT2D eigenvalue weighted by Crippen LogP contribution is -2.57. The van der Waals surface area contributed by atoms with Gasteiger partial charge in [-0.3, -0.25) is 14.4 Å². The lowest BCUT2D eigenvalue weighted by atomic mass is 10.0. The Balaban J connectivity index is 2.80. The van der Waals surface area contributed by atoms with Crippen LogP contribution >= 0.6 is 0 Å². The fourth-order valence-corrected chi connectivity index (χ4v) is 2.82. The van der Waals surface area contributed by atoms with Crippen LogP contribution in [0.2, 0.25) is 0 Å². The number of aromatic nitrogens is 2. The summed E-state index contributed by atoms with van der Waals surface area (Å²) in [7, 11) is 0. The summed E-state index contributed by atoms with van der Waals surface area (Å²) in [6.45, 7) is 5.43. The molecule has 0 aliphatic carbocycles. The maximum atomic E-state index is 12.8. The molecule has 4 atom stereocenters. The maximum absolute atomic E-state index is 12.8. The number of hydrogen-bond donors (Lipinski definition) is 7. The Hall–Kier alpha value is -2.99. The fourth-order valence-electron chi connectivity index (χ4n) is 2.82. The quantitative estimate of drug-likeness (QED) is 0.167. The summed E-state index contributed by atoms with van der Waals surface area (Å²) >= 11 is 0. The zero-order valence-corrected chi connectivity index (χ0v) is 18.8. The highest BCUT2D eigenvalue weighted by molar-refractivity contribution is 5.94. The Morgan fingerprint density at radius 1 is 1.03 bits per heavy atom. The van der Waals surface area contributed by atoms with Crippen LogP contribution in [0.1, 0.15) is 45.7 Å². The number of aliphatic carboxylic acids is 1. The van der Waals surface area contributed by atoms with E-state index in [4.69, 9.17) is 11.5 Å². The molecule has 1 aromatic rings. The summed E-state index contributed by atoms with van der Waals surface area (Å²) in [5.74, 6) is -3.06. The van der Waals surface area contributed by atoms with Gasteiger partial charge in [-0.25, -0.2) is 9.78 Å². The van der Waals surface area contributed by atoms with Crippen molar-refractivity contribution in [3.63, 3.8) is 0 Å². The summed E-state index contributed by atoms with van der Waals surface area (Å²) in [6, 6.07) is -3.93. The molecule has 0 saturated carbocycles. The van der Waals surface area contributed by atoms with Crippen LogP contribution in [0.25, 0.3) is 0 Å². The number of imidazole rings is 1. The van der Waals surface area contributed by atoms with Gasteiger partial charge in [0.05, 0.1) is 12.4 Å². The van der Waals surface area contributed by atoms with E-state index in [1.54, 1.807) is 13.8 Å². The van der Waals surface area contributed by atoms with Crippen molar-refractivity contribution in [2.75, 3.05) is 6.54 Å². The second kappa shape index (κ2) is 13.4. The second-order valence-corrected chi connectivity index (χ2v) is 8.03. The van der Waals surface area contributed by atoms with Crippen molar-refractivity contribution in [2.24, 2.45) is 17.4 Å². The van der Waals surface area contributed by atoms with Gasteiger partial charge in [0.1, 0.15) is 18.1 Å². The molecule has 9 N–H and O–H groups in total. The molecule has 3 amide bonds. The Kier molecular flexibility index (Phi) is 11.3. The molecule has 1 rings (SSSR count). The third kappa shape index (κ3) is 9.02. The predicted molar refractivity (Wildman–Crippen MR) is 117 cm³/mol. The third-order valence-corrected chi connectivity index (χ3v) is 4.95. The van der Waals surface area contributed by atoms with Crippen LogP contribution in [-0.4, -0.2) is 69.5 Å². The first-order chi connectivity index (χ1) is 15.1. The van der Waals surface area contributed by atoms with Crippen molar-refractivity contribution in [1.82, 2.24) is 25.9 Å². The lowest BCUT2D eigenvalue weighted by Gasteiger charge is -2.24.